The van der Waals surface area contributed by atoms with Gasteiger partial charge in [0.15, 0.2) is 0 Å². The van der Waals surface area contributed by atoms with Crippen molar-refractivity contribution in [3.63, 3.8) is 0 Å². The molecule has 0 fully saturated rings. The quantitative estimate of drug-likeness (QED) is 0.417. The Labute approximate surface area is 198 Å². The summed E-state index contributed by atoms with van der Waals surface area (Å²) in [5, 5.41) is 6.92. The zero-order chi connectivity index (χ0) is 24.2. The second-order valence-corrected chi connectivity index (χ2v) is 7.84. The van der Waals surface area contributed by atoms with Gasteiger partial charge in [0.2, 0.25) is 11.7 Å². The maximum absolute atomic E-state index is 12.6. The molecule has 9 nitrogen and oxygen atoms in total. The molecule has 2 aromatic carbocycles. The number of benzene rings is 2. The van der Waals surface area contributed by atoms with Crippen LogP contribution in [0.3, 0.4) is 0 Å². The maximum atomic E-state index is 12.6. The van der Waals surface area contributed by atoms with Gasteiger partial charge >= 0.3 is 5.97 Å². The minimum Gasteiger partial charge on any atom is -0.465 e. The smallest absolute Gasteiger partial charge is 0.340 e. The number of hydrogen-bond acceptors (Lipinski definition) is 7. The molecule has 0 bridgehead atoms. The third-order valence-corrected chi connectivity index (χ3v) is 5.18. The fourth-order valence-electron chi connectivity index (χ4n) is 3.19. The third kappa shape index (κ3) is 5.05. The van der Waals surface area contributed by atoms with Crippen LogP contribution in [0.25, 0.3) is 22.8 Å². The van der Waals surface area contributed by atoms with E-state index in [1.54, 1.807) is 0 Å². The van der Waals surface area contributed by atoms with Crippen LogP contribution in [0.2, 0.25) is 5.02 Å². The monoisotopic (exact) mass is 478 g/mol. The van der Waals surface area contributed by atoms with Crippen LogP contribution in [0, 0.1) is 6.92 Å². The fourth-order valence-corrected chi connectivity index (χ4v) is 3.36. The Kier molecular flexibility index (Phi) is 6.55. The van der Waals surface area contributed by atoms with Gasteiger partial charge in [0.25, 0.3) is 11.4 Å². The van der Waals surface area contributed by atoms with Gasteiger partial charge in [-0.1, -0.05) is 46.6 Å². The number of aryl methyl sites for hydroxylation is 1. The van der Waals surface area contributed by atoms with E-state index in [0.717, 1.165) is 11.1 Å². The summed E-state index contributed by atoms with van der Waals surface area (Å²) in [4.78, 5) is 41.4. The minimum absolute atomic E-state index is 0.0962. The third-order valence-electron chi connectivity index (χ3n) is 4.94. The van der Waals surface area contributed by atoms with Crippen molar-refractivity contribution in [2.45, 2.75) is 13.5 Å². The van der Waals surface area contributed by atoms with Crippen LogP contribution in [-0.2, 0) is 16.1 Å². The predicted molar refractivity (Wildman–Crippen MR) is 126 cm³/mol. The van der Waals surface area contributed by atoms with E-state index in [-0.39, 0.29) is 23.7 Å². The van der Waals surface area contributed by atoms with Gasteiger partial charge < -0.3 is 19.1 Å². The van der Waals surface area contributed by atoms with E-state index in [1.165, 1.54) is 48.2 Å². The topological polar surface area (TPSA) is 116 Å². The van der Waals surface area contributed by atoms with Crippen LogP contribution in [-0.4, -0.2) is 33.7 Å². The molecule has 1 amide bonds. The average Bonchev–Trinajstić information content (AvgIpc) is 3.32. The number of anilines is 1. The number of nitrogens with one attached hydrogen (secondary N) is 1. The van der Waals surface area contributed by atoms with Crippen molar-refractivity contribution in [2.24, 2.45) is 0 Å². The van der Waals surface area contributed by atoms with Crippen molar-refractivity contribution in [2.75, 3.05) is 12.4 Å². The highest BCUT2D eigenvalue weighted by molar-refractivity contribution is 6.31. The van der Waals surface area contributed by atoms with E-state index in [4.69, 9.17) is 20.9 Å². The van der Waals surface area contributed by atoms with Crippen molar-refractivity contribution >= 4 is 29.2 Å². The first kappa shape index (κ1) is 22.9. The van der Waals surface area contributed by atoms with Crippen molar-refractivity contribution in [3.8, 4) is 22.8 Å². The number of ether oxygens (including phenoxy) is 1. The maximum Gasteiger partial charge on any atom is 0.340 e. The van der Waals surface area contributed by atoms with E-state index < -0.39 is 17.4 Å². The highest BCUT2D eigenvalue weighted by Crippen LogP contribution is 2.23. The van der Waals surface area contributed by atoms with E-state index in [2.05, 4.69) is 15.5 Å². The molecule has 1 N–H and O–H groups in total. The first-order chi connectivity index (χ1) is 16.3. The number of rotatable bonds is 6. The van der Waals surface area contributed by atoms with Gasteiger partial charge in [0, 0.05) is 22.8 Å². The first-order valence-corrected chi connectivity index (χ1v) is 10.5. The van der Waals surface area contributed by atoms with Gasteiger partial charge in [0.1, 0.15) is 6.54 Å². The van der Waals surface area contributed by atoms with E-state index in [9.17, 15) is 14.4 Å². The lowest BCUT2D eigenvalue weighted by atomic mass is 10.1. The number of aromatic nitrogens is 3. The second kappa shape index (κ2) is 9.72. The largest absolute Gasteiger partial charge is 0.465 e. The molecule has 172 valence electrons. The van der Waals surface area contributed by atoms with Crippen molar-refractivity contribution in [1.82, 2.24) is 14.7 Å². The molecular formula is C24H19ClN4O5. The Hall–Kier alpha value is -4.24. The van der Waals surface area contributed by atoms with Gasteiger partial charge in [0.05, 0.1) is 23.9 Å². The number of carbonyl (C=O) groups excluding carboxylic acids is 2. The summed E-state index contributed by atoms with van der Waals surface area (Å²) in [6.07, 6.45) is 1.46. The Morgan fingerprint density at radius 3 is 2.56 bits per heavy atom. The van der Waals surface area contributed by atoms with Crippen molar-refractivity contribution in [3.05, 3.63) is 87.3 Å². The molecule has 0 aliphatic heterocycles. The summed E-state index contributed by atoms with van der Waals surface area (Å²) in [5.74, 6) is -0.575. The van der Waals surface area contributed by atoms with Crippen LogP contribution in [0.5, 0.6) is 0 Å². The van der Waals surface area contributed by atoms with Crippen LogP contribution >= 0.6 is 11.6 Å². The number of methoxy groups -OCH3 is 1. The van der Waals surface area contributed by atoms with Gasteiger partial charge in [-0.15, -0.1) is 0 Å². The van der Waals surface area contributed by atoms with Crippen molar-refractivity contribution in [1.29, 1.82) is 0 Å². The second-order valence-electron chi connectivity index (χ2n) is 7.40. The van der Waals surface area contributed by atoms with Crippen LogP contribution in [0.15, 0.2) is 70.1 Å². The summed E-state index contributed by atoms with van der Waals surface area (Å²) in [6.45, 7) is 1.67. The van der Waals surface area contributed by atoms with Gasteiger partial charge in [-0.2, -0.15) is 4.98 Å². The molecule has 2 heterocycles. The van der Waals surface area contributed by atoms with Crippen LogP contribution < -0.4 is 10.9 Å². The Balaban J connectivity index is 1.55. The Morgan fingerprint density at radius 1 is 1.09 bits per heavy atom. The number of carbonyl (C=O) groups is 2. The fraction of sp³-hybridized carbons (Fsp3) is 0.125. The zero-order valence-electron chi connectivity index (χ0n) is 18.2. The molecule has 4 aromatic rings. The van der Waals surface area contributed by atoms with E-state index >= 15 is 0 Å². The SMILES string of the molecule is COC(=O)c1cc(Cl)ccc1NC(=O)Cn1cc(-c2nc(-c3ccc(C)cc3)no2)ccc1=O. The van der Waals surface area contributed by atoms with Gasteiger partial charge in [-0.3, -0.25) is 9.59 Å². The minimum atomic E-state index is -0.655. The number of pyridine rings is 1. The molecule has 10 heteroatoms. The van der Waals surface area contributed by atoms with Gasteiger partial charge in [-0.25, -0.2) is 4.79 Å². The lowest BCUT2D eigenvalue weighted by Crippen LogP contribution is -2.27. The first-order valence-electron chi connectivity index (χ1n) is 10.1. The molecule has 0 aliphatic carbocycles. The average molecular weight is 479 g/mol. The number of amides is 1. The summed E-state index contributed by atoms with van der Waals surface area (Å²) in [5.41, 5.74) is 2.28. The lowest BCUT2D eigenvalue weighted by molar-refractivity contribution is -0.116. The molecular weight excluding hydrogens is 460 g/mol. The highest BCUT2D eigenvalue weighted by Gasteiger charge is 2.16. The van der Waals surface area contributed by atoms with Gasteiger partial charge in [-0.05, 0) is 31.2 Å². The number of halogens is 1. The standard InChI is InChI=1S/C24H19ClN4O5/c1-14-3-5-15(6-4-14)22-27-23(34-28-22)16-7-10-21(31)29(12-16)13-20(30)26-19-9-8-17(25)11-18(19)24(32)33-2/h3-12H,13H2,1-2H3,(H,26,30). The Bertz CT molecular complexity index is 1430. The number of nitrogens with zero attached hydrogens (tertiary/aromatic N) is 3. The molecule has 4 rings (SSSR count). The molecule has 0 aliphatic rings. The number of hydrogen-bond donors (Lipinski definition) is 1. The Morgan fingerprint density at radius 2 is 1.82 bits per heavy atom. The lowest BCUT2D eigenvalue weighted by Gasteiger charge is -2.11. The highest BCUT2D eigenvalue weighted by atomic mass is 35.5. The normalized spacial score (nSPS) is 10.7. The van der Waals surface area contributed by atoms with Crippen LogP contribution in [0.1, 0.15) is 15.9 Å². The molecule has 34 heavy (non-hydrogen) atoms. The molecule has 0 atom stereocenters. The summed E-state index contributed by atoms with van der Waals surface area (Å²) >= 11 is 5.94. The molecule has 0 spiro atoms. The summed E-state index contributed by atoms with van der Waals surface area (Å²) < 4.78 is 11.3. The molecule has 0 radical (unpaired) electrons. The summed E-state index contributed by atoms with van der Waals surface area (Å²) in [7, 11) is 1.22. The van der Waals surface area contributed by atoms with Crippen molar-refractivity contribution < 1.29 is 18.8 Å². The molecule has 0 saturated heterocycles. The van der Waals surface area contributed by atoms with E-state index in [1.807, 2.05) is 31.2 Å². The summed E-state index contributed by atoms with van der Waals surface area (Å²) in [6, 6.07) is 14.9. The van der Waals surface area contributed by atoms with Crippen LogP contribution in [0.4, 0.5) is 5.69 Å². The zero-order valence-corrected chi connectivity index (χ0v) is 19.0. The molecule has 0 unspecified atom stereocenters. The van der Waals surface area contributed by atoms with E-state index in [0.29, 0.717) is 16.4 Å². The predicted octanol–water partition coefficient (Wildman–Crippen LogP) is 3.95. The molecule has 0 saturated carbocycles. The molecule has 2 aromatic heterocycles. The number of esters is 1.